The number of carbonyl (C=O) groups excluding carboxylic acids is 1. The zero-order chi connectivity index (χ0) is 12.9. The number of hydrogen-bond acceptors (Lipinski definition) is 3. The number of amides is 1. The molecule has 0 unspecified atom stereocenters. The van der Waals surface area contributed by atoms with Crippen molar-refractivity contribution in [3.05, 3.63) is 29.3 Å². The molecule has 0 atom stereocenters. The highest BCUT2D eigenvalue weighted by molar-refractivity contribution is 5.99. The second-order valence-electron chi connectivity index (χ2n) is 4.58. The van der Waals surface area contributed by atoms with Crippen molar-refractivity contribution >= 4 is 17.4 Å². The zero-order valence-electron chi connectivity index (χ0n) is 10.3. The number of aromatic nitrogens is 2. The predicted octanol–water partition coefficient (Wildman–Crippen LogP) is 1.47. The van der Waals surface area contributed by atoms with Crippen LogP contribution in [0.5, 0.6) is 0 Å². The molecule has 1 aliphatic heterocycles. The summed E-state index contributed by atoms with van der Waals surface area (Å²) in [7, 11) is 1.82. The van der Waals surface area contributed by atoms with Gasteiger partial charge >= 0.3 is 0 Å². The molecule has 92 valence electrons. The van der Waals surface area contributed by atoms with E-state index in [1.54, 1.807) is 4.68 Å². The molecule has 0 radical (unpaired) electrons. The molecule has 2 aromatic rings. The Bertz CT molecular complexity index is 657. The quantitative estimate of drug-likeness (QED) is 0.795. The highest BCUT2D eigenvalue weighted by atomic mass is 16.1. The maximum atomic E-state index is 11.3. The first-order chi connectivity index (χ1) is 8.56. The lowest BCUT2D eigenvalue weighted by molar-refractivity contribution is -0.115. The van der Waals surface area contributed by atoms with Crippen molar-refractivity contribution in [3.63, 3.8) is 0 Å². The average molecular weight is 242 g/mol. The molecule has 0 fully saturated rings. The monoisotopic (exact) mass is 242 g/mol. The fraction of sp³-hybridized carbons (Fsp3) is 0.231. The predicted molar refractivity (Wildman–Crippen MR) is 70.1 cm³/mol. The Balaban J connectivity index is 2.11. The summed E-state index contributed by atoms with van der Waals surface area (Å²) in [5.74, 6) is 0.708. The summed E-state index contributed by atoms with van der Waals surface area (Å²) >= 11 is 0. The fourth-order valence-corrected chi connectivity index (χ4v) is 2.29. The third-order valence-electron chi connectivity index (χ3n) is 3.34. The minimum atomic E-state index is 0.0411. The van der Waals surface area contributed by atoms with Crippen LogP contribution in [0.3, 0.4) is 0 Å². The van der Waals surface area contributed by atoms with Gasteiger partial charge in [0, 0.05) is 23.9 Å². The summed E-state index contributed by atoms with van der Waals surface area (Å²) in [6.45, 7) is 1.95. The van der Waals surface area contributed by atoms with E-state index in [9.17, 15) is 4.79 Å². The molecule has 3 rings (SSSR count). The molecule has 1 aliphatic rings. The molecule has 0 saturated carbocycles. The molecular formula is C13H14N4O. The Kier molecular flexibility index (Phi) is 2.16. The van der Waals surface area contributed by atoms with Crippen LogP contribution in [0.25, 0.3) is 11.3 Å². The van der Waals surface area contributed by atoms with E-state index < -0.39 is 0 Å². The van der Waals surface area contributed by atoms with Crippen LogP contribution in [0.15, 0.2) is 18.2 Å². The van der Waals surface area contributed by atoms with Crippen LogP contribution in [0.1, 0.15) is 11.1 Å². The lowest BCUT2D eigenvalue weighted by Gasteiger charge is -2.02. The first-order valence-electron chi connectivity index (χ1n) is 5.78. The van der Waals surface area contributed by atoms with E-state index in [1.807, 2.05) is 32.2 Å². The van der Waals surface area contributed by atoms with Gasteiger partial charge in [-0.2, -0.15) is 5.10 Å². The topological polar surface area (TPSA) is 72.9 Å². The molecular weight excluding hydrogens is 228 g/mol. The number of nitrogens with zero attached hydrogens (tertiary/aromatic N) is 2. The van der Waals surface area contributed by atoms with E-state index in [0.29, 0.717) is 12.2 Å². The van der Waals surface area contributed by atoms with Gasteiger partial charge in [-0.1, -0.05) is 6.07 Å². The molecule has 0 aliphatic carbocycles. The highest BCUT2D eigenvalue weighted by Gasteiger charge is 2.19. The summed E-state index contributed by atoms with van der Waals surface area (Å²) in [5.41, 5.74) is 10.7. The van der Waals surface area contributed by atoms with Crippen molar-refractivity contribution in [2.75, 3.05) is 11.1 Å². The smallest absolute Gasteiger partial charge is 0.228 e. The van der Waals surface area contributed by atoms with E-state index in [2.05, 4.69) is 10.4 Å². The van der Waals surface area contributed by atoms with E-state index in [1.165, 1.54) is 0 Å². The largest absolute Gasteiger partial charge is 0.384 e. The third-order valence-corrected chi connectivity index (χ3v) is 3.34. The Morgan fingerprint density at radius 2 is 2.22 bits per heavy atom. The minimum absolute atomic E-state index is 0.0411. The van der Waals surface area contributed by atoms with Gasteiger partial charge in [-0.15, -0.1) is 0 Å². The van der Waals surface area contributed by atoms with Crippen LogP contribution in [-0.2, 0) is 18.3 Å². The van der Waals surface area contributed by atoms with Gasteiger partial charge in [0.25, 0.3) is 0 Å². The molecule has 5 nitrogen and oxygen atoms in total. The minimum Gasteiger partial charge on any atom is -0.384 e. The molecule has 2 heterocycles. The van der Waals surface area contributed by atoms with Gasteiger partial charge in [0.05, 0.1) is 12.1 Å². The van der Waals surface area contributed by atoms with Gasteiger partial charge in [-0.25, -0.2) is 0 Å². The van der Waals surface area contributed by atoms with Crippen LogP contribution in [0, 0.1) is 6.92 Å². The average Bonchev–Trinajstić information content (AvgIpc) is 2.82. The Labute approximate surface area is 105 Å². The lowest BCUT2D eigenvalue weighted by atomic mass is 10.0. The van der Waals surface area contributed by atoms with E-state index in [0.717, 1.165) is 28.1 Å². The van der Waals surface area contributed by atoms with Gasteiger partial charge in [0.1, 0.15) is 5.82 Å². The summed E-state index contributed by atoms with van der Waals surface area (Å²) < 4.78 is 1.67. The summed E-state index contributed by atoms with van der Waals surface area (Å²) in [5, 5.41) is 7.23. The van der Waals surface area contributed by atoms with Crippen LogP contribution in [0.4, 0.5) is 11.5 Å². The molecule has 0 saturated heterocycles. The summed E-state index contributed by atoms with van der Waals surface area (Å²) in [6, 6.07) is 5.88. The summed E-state index contributed by atoms with van der Waals surface area (Å²) in [4.78, 5) is 11.3. The SMILES string of the molecule is Cc1c(-c2ccc3c(c2)CC(=O)N3)nn(C)c1N. The molecule has 0 spiro atoms. The Morgan fingerprint density at radius 3 is 2.89 bits per heavy atom. The van der Waals surface area contributed by atoms with Crippen LogP contribution >= 0.6 is 0 Å². The summed E-state index contributed by atoms with van der Waals surface area (Å²) in [6.07, 6.45) is 0.435. The first-order valence-corrected chi connectivity index (χ1v) is 5.78. The maximum absolute atomic E-state index is 11.3. The van der Waals surface area contributed by atoms with Crippen molar-refractivity contribution in [1.29, 1.82) is 0 Å². The molecule has 0 bridgehead atoms. The Morgan fingerprint density at radius 1 is 1.44 bits per heavy atom. The maximum Gasteiger partial charge on any atom is 0.228 e. The molecule has 3 N–H and O–H groups in total. The van der Waals surface area contributed by atoms with Gasteiger partial charge in [0.2, 0.25) is 5.91 Å². The highest BCUT2D eigenvalue weighted by Crippen LogP contribution is 2.31. The van der Waals surface area contributed by atoms with Crippen molar-refractivity contribution < 1.29 is 4.79 Å². The standard InChI is InChI=1S/C13H14N4O/c1-7-12(16-17(2)13(7)14)8-3-4-10-9(5-8)6-11(18)15-10/h3-5H,6,14H2,1-2H3,(H,15,18). The molecule has 5 heteroatoms. The molecule has 1 amide bonds. The number of fused-ring (bicyclic) bond motifs is 1. The number of benzene rings is 1. The van der Waals surface area contributed by atoms with E-state index in [-0.39, 0.29) is 5.91 Å². The van der Waals surface area contributed by atoms with Crippen molar-refractivity contribution in [1.82, 2.24) is 9.78 Å². The number of carbonyl (C=O) groups is 1. The van der Waals surface area contributed by atoms with E-state index >= 15 is 0 Å². The van der Waals surface area contributed by atoms with Gasteiger partial charge in [0.15, 0.2) is 0 Å². The van der Waals surface area contributed by atoms with Gasteiger partial charge in [-0.3, -0.25) is 9.48 Å². The van der Waals surface area contributed by atoms with Crippen molar-refractivity contribution in [2.24, 2.45) is 7.05 Å². The van der Waals surface area contributed by atoms with Crippen LogP contribution < -0.4 is 11.1 Å². The molecule has 1 aromatic carbocycles. The Hall–Kier alpha value is -2.30. The lowest BCUT2D eigenvalue weighted by Crippen LogP contribution is -2.03. The second kappa shape index (κ2) is 3.60. The number of nitrogens with one attached hydrogen (secondary N) is 1. The third kappa shape index (κ3) is 1.48. The normalized spacial score (nSPS) is 13.6. The number of rotatable bonds is 1. The number of nitrogen functional groups attached to an aromatic ring is 1. The molecule has 18 heavy (non-hydrogen) atoms. The second-order valence-corrected chi connectivity index (χ2v) is 4.58. The van der Waals surface area contributed by atoms with Crippen molar-refractivity contribution in [3.8, 4) is 11.3 Å². The van der Waals surface area contributed by atoms with Crippen molar-refractivity contribution in [2.45, 2.75) is 13.3 Å². The van der Waals surface area contributed by atoms with Gasteiger partial charge < -0.3 is 11.1 Å². The number of hydrogen-bond donors (Lipinski definition) is 2. The first kappa shape index (κ1) is 10.8. The van der Waals surface area contributed by atoms with Crippen LogP contribution in [0.2, 0.25) is 0 Å². The zero-order valence-corrected chi connectivity index (χ0v) is 10.3. The van der Waals surface area contributed by atoms with Crippen LogP contribution in [-0.4, -0.2) is 15.7 Å². The number of anilines is 2. The number of aryl methyl sites for hydroxylation is 1. The fourth-order valence-electron chi connectivity index (χ4n) is 2.29. The number of nitrogens with two attached hydrogens (primary N) is 1. The molecule has 1 aromatic heterocycles. The van der Waals surface area contributed by atoms with E-state index in [4.69, 9.17) is 5.73 Å². The van der Waals surface area contributed by atoms with Gasteiger partial charge in [-0.05, 0) is 24.6 Å².